The standard InChI is InChI=1S/C19H16FN5/c1-14-11-15(13-21-12-14)24-10-4-6-17(23-24)19-8-9-22-25(19)18-7-3-2-5-16(18)20/h2-13,23H,1H3. The summed E-state index contributed by atoms with van der Waals surface area (Å²) in [6.07, 6.45) is 11.0. The Morgan fingerprint density at radius 3 is 2.84 bits per heavy atom. The zero-order chi connectivity index (χ0) is 17.2. The lowest BCUT2D eigenvalue weighted by molar-refractivity contribution is 0.609. The Morgan fingerprint density at radius 1 is 1.12 bits per heavy atom. The summed E-state index contributed by atoms with van der Waals surface area (Å²) in [5.74, 6) is -0.320. The van der Waals surface area contributed by atoms with Crippen LogP contribution < -0.4 is 10.4 Å². The van der Waals surface area contributed by atoms with E-state index in [1.165, 1.54) is 6.07 Å². The summed E-state index contributed by atoms with van der Waals surface area (Å²) in [5.41, 5.74) is 7.28. The molecule has 0 aliphatic carbocycles. The maximum atomic E-state index is 14.2. The Kier molecular flexibility index (Phi) is 3.78. The lowest BCUT2D eigenvalue weighted by Crippen LogP contribution is -2.34. The van der Waals surface area contributed by atoms with Crippen LogP contribution in [0.2, 0.25) is 0 Å². The molecular formula is C19H16FN5. The number of hydrogen-bond donors (Lipinski definition) is 1. The van der Waals surface area contributed by atoms with E-state index in [-0.39, 0.29) is 5.82 Å². The van der Waals surface area contributed by atoms with Gasteiger partial charge < -0.3 is 0 Å². The first-order valence-electron chi connectivity index (χ1n) is 7.88. The lowest BCUT2D eigenvalue weighted by atomic mass is 10.2. The maximum absolute atomic E-state index is 14.2. The van der Waals surface area contributed by atoms with Crippen LogP contribution in [0.15, 0.2) is 73.3 Å². The number of hydrazine groups is 1. The van der Waals surface area contributed by atoms with Gasteiger partial charge in [-0.2, -0.15) is 5.10 Å². The van der Waals surface area contributed by atoms with E-state index in [4.69, 9.17) is 0 Å². The number of halogens is 1. The number of nitrogens with zero attached hydrogens (tertiary/aromatic N) is 4. The van der Waals surface area contributed by atoms with Gasteiger partial charge in [-0.05, 0) is 48.9 Å². The van der Waals surface area contributed by atoms with Crippen molar-refractivity contribution in [3.8, 4) is 5.69 Å². The molecule has 0 unspecified atom stereocenters. The van der Waals surface area contributed by atoms with Crippen LogP contribution in [-0.4, -0.2) is 14.8 Å². The quantitative estimate of drug-likeness (QED) is 0.796. The molecule has 124 valence electrons. The number of rotatable bonds is 3. The molecule has 0 saturated carbocycles. The topological polar surface area (TPSA) is 46.0 Å². The van der Waals surface area contributed by atoms with Crippen molar-refractivity contribution >= 4 is 11.4 Å². The minimum atomic E-state index is -0.320. The molecule has 2 aromatic heterocycles. The molecule has 6 heteroatoms. The van der Waals surface area contributed by atoms with Crippen LogP contribution in [0.1, 0.15) is 11.3 Å². The number of nitrogens with one attached hydrogen (secondary N) is 1. The molecule has 0 atom stereocenters. The zero-order valence-electron chi connectivity index (χ0n) is 13.6. The van der Waals surface area contributed by atoms with Gasteiger partial charge in [0.05, 0.1) is 29.5 Å². The first-order valence-corrected chi connectivity index (χ1v) is 7.88. The molecule has 0 radical (unpaired) electrons. The van der Waals surface area contributed by atoms with Gasteiger partial charge >= 0.3 is 0 Å². The van der Waals surface area contributed by atoms with Gasteiger partial charge in [-0.15, -0.1) is 0 Å². The van der Waals surface area contributed by atoms with Crippen molar-refractivity contribution in [3.05, 3.63) is 90.4 Å². The fourth-order valence-corrected chi connectivity index (χ4v) is 2.72. The van der Waals surface area contributed by atoms with Crippen molar-refractivity contribution in [1.82, 2.24) is 20.2 Å². The molecule has 0 saturated heterocycles. The second kappa shape index (κ2) is 6.24. The molecule has 3 aromatic rings. The highest BCUT2D eigenvalue weighted by molar-refractivity contribution is 5.69. The normalized spacial score (nSPS) is 13.5. The molecule has 1 aliphatic rings. The van der Waals surface area contributed by atoms with Gasteiger partial charge in [0, 0.05) is 12.4 Å². The summed E-state index contributed by atoms with van der Waals surface area (Å²) in [5, 5.41) is 6.14. The number of benzene rings is 1. The molecular weight excluding hydrogens is 317 g/mol. The van der Waals surface area contributed by atoms with Crippen LogP contribution in [0.4, 0.5) is 10.1 Å². The van der Waals surface area contributed by atoms with E-state index in [1.54, 1.807) is 41.5 Å². The number of allylic oxidation sites excluding steroid dienone is 2. The lowest BCUT2D eigenvalue weighted by Gasteiger charge is -2.27. The van der Waals surface area contributed by atoms with Crippen LogP contribution in [-0.2, 0) is 0 Å². The summed E-state index contributed by atoms with van der Waals surface area (Å²) in [6.45, 7) is 1.99. The number of para-hydroxylation sites is 1. The third kappa shape index (κ3) is 2.89. The van der Waals surface area contributed by atoms with Gasteiger partial charge in [-0.25, -0.2) is 9.07 Å². The van der Waals surface area contributed by atoms with Gasteiger partial charge in [-0.3, -0.25) is 15.4 Å². The van der Waals surface area contributed by atoms with Crippen LogP contribution >= 0.6 is 0 Å². The fourth-order valence-electron chi connectivity index (χ4n) is 2.72. The molecule has 1 aliphatic heterocycles. The first kappa shape index (κ1) is 15.1. The number of aryl methyl sites for hydroxylation is 1. The molecule has 3 heterocycles. The average molecular weight is 333 g/mol. The molecule has 0 fully saturated rings. The van der Waals surface area contributed by atoms with Crippen molar-refractivity contribution in [3.63, 3.8) is 0 Å². The Balaban J connectivity index is 1.68. The van der Waals surface area contributed by atoms with Gasteiger partial charge in [0.2, 0.25) is 0 Å². The fraction of sp³-hybridized carbons (Fsp3) is 0.0526. The highest BCUT2D eigenvalue weighted by Gasteiger charge is 2.16. The molecule has 0 spiro atoms. The van der Waals surface area contributed by atoms with Crippen molar-refractivity contribution in [2.75, 3.05) is 5.01 Å². The monoisotopic (exact) mass is 333 g/mol. The first-order chi connectivity index (χ1) is 12.2. The average Bonchev–Trinajstić information content (AvgIpc) is 3.12. The van der Waals surface area contributed by atoms with E-state index >= 15 is 0 Å². The maximum Gasteiger partial charge on any atom is 0.148 e. The molecule has 25 heavy (non-hydrogen) atoms. The van der Waals surface area contributed by atoms with Gasteiger partial charge in [0.1, 0.15) is 11.5 Å². The molecule has 1 N–H and O–H groups in total. The van der Waals surface area contributed by atoms with Gasteiger partial charge in [0.25, 0.3) is 0 Å². The highest BCUT2D eigenvalue weighted by Crippen LogP contribution is 2.23. The Bertz CT molecular complexity index is 973. The Labute approximate surface area is 144 Å². The van der Waals surface area contributed by atoms with E-state index in [9.17, 15) is 4.39 Å². The number of anilines is 1. The Morgan fingerprint density at radius 2 is 2.00 bits per heavy atom. The summed E-state index contributed by atoms with van der Waals surface area (Å²) >= 11 is 0. The minimum absolute atomic E-state index is 0.320. The summed E-state index contributed by atoms with van der Waals surface area (Å²) in [7, 11) is 0. The molecule has 5 nitrogen and oxygen atoms in total. The third-order valence-electron chi connectivity index (χ3n) is 3.88. The predicted molar refractivity (Wildman–Crippen MR) is 95.2 cm³/mol. The smallest absolute Gasteiger partial charge is 0.148 e. The summed E-state index contributed by atoms with van der Waals surface area (Å²) in [6, 6.07) is 10.5. The molecule has 4 rings (SSSR count). The summed E-state index contributed by atoms with van der Waals surface area (Å²) < 4.78 is 15.7. The highest BCUT2D eigenvalue weighted by atomic mass is 19.1. The summed E-state index contributed by atoms with van der Waals surface area (Å²) in [4.78, 5) is 4.22. The SMILES string of the molecule is Cc1cncc(N2C=CC=C(c3ccnn3-c3ccccc3F)N2)c1. The second-order valence-electron chi connectivity index (χ2n) is 5.70. The van der Waals surface area contributed by atoms with Crippen molar-refractivity contribution < 1.29 is 4.39 Å². The number of hydrogen-bond acceptors (Lipinski definition) is 4. The number of pyridine rings is 1. The van der Waals surface area contributed by atoms with Crippen LogP contribution in [0.5, 0.6) is 0 Å². The van der Waals surface area contributed by atoms with Crippen LogP contribution in [0.25, 0.3) is 11.4 Å². The third-order valence-corrected chi connectivity index (χ3v) is 3.88. The van der Waals surface area contributed by atoms with Crippen molar-refractivity contribution in [2.45, 2.75) is 6.92 Å². The minimum Gasteiger partial charge on any atom is -0.292 e. The van der Waals surface area contributed by atoms with Crippen molar-refractivity contribution in [2.24, 2.45) is 0 Å². The molecule has 0 amide bonds. The van der Waals surface area contributed by atoms with E-state index in [0.29, 0.717) is 5.69 Å². The second-order valence-corrected chi connectivity index (χ2v) is 5.70. The van der Waals surface area contributed by atoms with Crippen LogP contribution in [0, 0.1) is 12.7 Å². The largest absolute Gasteiger partial charge is 0.292 e. The number of aromatic nitrogens is 3. The van der Waals surface area contributed by atoms with E-state index in [0.717, 1.165) is 22.6 Å². The molecule has 1 aromatic carbocycles. The van der Waals surface area contributed by atoms with Crippen LogP contribution in [0.3, 0.4) is 0 Å². The Hall–Kier alpha value is -3.41. The van der Waals surface area contributed by atoms with E-state index in [2.05, 4.69) is 15.5 Å². The zero-order valence-corrected chi connectivity index (χ0v) is 13.6. The van der Waals surface area contributed by atoms with E-state index in [1.807, 2.05) is 42.4 Å². The van der Waals surface area contributed by atoms with Gasteiger partial charge in [0.15, 0.2) is 0 Å². The predicted octanol–water partition coefficient (Wildman–Crippen LogP) is 3.59. The van der Waals surface area contributed by atoms with E-state index < -0.39 is 0 Å². The van der Waals surface area contributed by atoms with Crippen molar-refractivity contribution in [1.29, 1.82) is 0 Å². The van der Waals surface area contributed by atoms with Gasteiger partial charge in [-0.1, -0.05) is 12.1 Å². The molecule has 0 bridgehead atoms.